The highest BCUT2D eigenvalue weighted by molar-refractivity contribution is 5.75. The Morgan fingerprint density at radius 3 is 2.20 bits per heavy atom. The van der Waals surface area contributed by atoms with Crippen molar-refractivity contribution < 1.29 is 23.4 Å². The zero-order valence-corrected chi connectivity index (χ0v) is 16.0. The summed E-state index contributed by atoms with van der Waals surface area (Å²) in [5.41, 5.74) is 1.22. The maximum absolute atomic E-state index is 13.0. The van der Waals surface area contributed by atoms with Crippen LogP contribution in [0.15, 0.2) is 65.6 Å². The molecule has 0 fully saturated rings. The van der Waals surface area contributed by atoms with Crippen molar-refractivity contribution in [1.29, 1.82) is 0 Å². The summed E-state index contributed by atoms with van der Waals surface area (Å²) in [6.07, 6.45) is 1.36. The van der Waals surface area contributed by atoms with E-state index in [1.54, 1.807) is 24.3 Å². The van der Waals surface area contributed by atoms with E-state index in [1.807, 2.05) is 0 Å². The largest absolute Gasteiger partial charge is 0.483 e. The third kappa shape index (κ3) is 5.74. The van der Waals surface area contributed by atoms with Crippen LogP contribution < -0.4 is 15.5 Å². The average Bonchev–Trinajstić information content (AvgIpc) is 2.74. The number of amides is 1. The number of rotatable bonds is 8. The van der Waals surface area contributed by atoms with E-state index in [0.717, 1.165) is 5.56 Å². The fraction of sp³-hybridized carbons (Fsp3) is 0.182. The number of aromatic nitrogens is 1. The molecule has 0 saturated heterocycles. The van der Waals surface area contributed by atoms with Gasteiger partial charge in [0.05, 0.1) is 12.8 Å². The fourth-order valence-electron chi connectivity index (χ4n) is 2.74. The maximum Gasteiger partial charge on any atom is 0.240 e. The lowest BCUT2D eigenvalue weighted by molar-refractivity contribution is -0.121. The van der Waals surface area contributed by atoms with E-state index in [1.165, 1.54) is 41.1 Å². The molecule has 0 bridgehead atoms. The van der Waals surface area contributed by atoms with Crippen molar-refractivity contribution in [2.45, 2.75) is 26.3 Å². The van der Waals surface area contributed by atoms with Gasteiger partial charge in [-0.05, 0) is 35.4 Å². The molecule has 0 aliphatic carbocycles. The Balaban J connectivity index is 1.67. The third-order valence-electron chi connectivity index (χ3n) is 4.37. The molecule has 0 aliphatic rings. The van der Waals surface area contributed by atoms with E-state index < -0.39 is 12.0 Å². The van der Waals surface area contributed by atoms with Crippen molar-refractivity contribution in [3.05, 3.63) is 99.5 Å². The Morgan fingerprint density at radius 1 is 1.00 bits per heavy atom. The van der Waals surface area contributed by atoms with Gasteiger partial charge in [0.15, 0.2) is 5.75 Å². The van der Waals surface area contributed by atoms with Crippen LogP contribution in [0.4, 0.5) is 8.78 Å². The predicted molar refractivity (Wildman–Crippen MR) is 106 cm³/mol. The predicted octanol–water partition coefficient (Wildman–Crippen LogP) is 2.51. The number of carbonyl (C=O) groups excluding carboxylic acids is 1. The van der Waals surface area contributed by atoms with Crippen LogP contribution in [0.25, 0.3) is 0 Å². The second-order valence-corrected chi connectivity index (χ2v) is 6.60. The summed E-state index contributed by atoms with van der Waals surface area (Å²) >= 11 is 0. The number of hydrogen-bond donors (Lipinski definition) is 2. The number of pyridine rings is 1. The highest BCUT2D eigenvalue weighted by atomic mass is 19.1. The number of ether oxygens (including phenoxy) is 1. The van der Waals surface area contributed by atoms with E-state index >= 15 is 0 Å². The van der Waals surface area contributed by atoms with Crippen molar-refractivity contribution in [3.8, 4) is 5.75 Å². The summed E-state index contributed by atoms with van der Waals surface area (Å²) in [4.78, 5) is 24.5. The smallest absolute Gasteiger partial charge is 0.240 e. The lowest BCUT2D eigenvalue weighted by Crippen LogP contribution is -2.29. The summed E-state index contributed by atoms with van der Waals surface area (Å²) < 4.78 is 32.9. The molecule has 3 rings (SSSR count). The molecule has 0 radical (unpaired) electrons. The average molecular weight is 414 g/mol. The molecule has 156 valence electrons. The number of aliphatic hydroxyl groups is 1. The van der Waals surface area contributed by atoms with Crippen molar-refractivity contribution in [2.24, 2.45) is 0 Å². The van der Waals surface area contributed by atoms with E-state index in [9.17, 15) is 23.5 Å². The topological polar surface area (TPSA) is 80.6 Å². The van der Waals surface area contributed by atoms with Gasteiger partial charge in [-0.15, -0.1) is 0 Å². The summed E-state index contributed by atoms with van der Waals surface area (Å²) in [7, 11) is 0. The second kappa shape index (κ2) is 9.80. The molecule has 30 heavy (non-hydrogen) atoms. The van der Waals surface area contributed by atoms with Crippen molar-refractivity contribution in [3.63, 3.8) is 0 Å². The van der Waals surface area contributed by atoms with Gasteiger partial charge in [0.1, 0.15) is 24.8 Å². The number of carbonyl (C=O) groups is 1. The van der Waals surface area contributed by atoms with E-state index in [2.05, 4.69) is 5.32 Å². The number of benzene rings is 2. The van der Waals surface area contributed by atoms with Crippen LogP contribution in [-0.4, -0.2) is 15.6 Å². The third-order valence-corrected chi connectivity index (χ3v) is 4.37. The molecule has 0 aliphatic heterocycles. The molecular formula is C22H20F2N2O4. The molecule has 0 unspecified atom stereocenters. The second-order valence-electron chi connectivity index (χ2n) is 6.60. The molecule has 1 heterocycles. The summed E-state index contributed by atoms with van der Waals surface area (Å²) in [6, 6.07) is 12.6. The van der Waals surface area contributed by atoms with Gasteiger partial charge in [-0.1, -0.05) is 24.3 Å². The Hall–Kier alpha value is -3.52. The normalized spacial score (nSPS) is 10.6. The lowest BCUT2D eigenvalue weighted by atomic mass is 10.2. The monoisotopic (exact) mass is 414 g/mol. The van der Waals surface area contributed by atoms with Crippen LogP contribution in [0.5, 0.6) is 5.75 Å². The first-order valence-corrected chi connectivity index (χ1v) is 9.17. The first-order valence-electron chi connectivity index (χ1n) is 9.17. The minimum absolute atomic E-state index is 0.00265. The van der Waals surface area contributed by atoms with Crippen molar-refractivity contribution in [2.75, 3.05) is 0 Å². The van der Waals surface area contributed by atoms with Gasteiger partial charge >= 0.3 is 0 Å². The quantitative estimate of drug-likeness (QED) is 0.594. The zero-order chi connectivity index (χ0) is 21.5. The minimum atomic E-state index is -0.441. The number of nitrogens with zero attached hydrogens (tertiary/aromatic N) is 1. The van der Waals surface area contributed by atoms with Gasteiger partial charge in [0.2, 0.25) is 11.3 Å². The van der Waals surface area contributed by atoms with Crippen LogP contribution in [0.1, 0.15) is 16.8 Å². The fourth-order valence-corrected chi connectivity index (χ4v) is 2.74. The van der Waals surface area contributed by atoms with Gasteiger partial charge in [0.25, 0.3) is 0 Å². The van der Waals surface area contributed by atoms with Crippen molar-refractivity contribution in [1.82, 2.24) is 9.88 Å². The van der Waals surface area contributed by atoms with E-state index in [0.29, 0.717) is 5.56 Å². The van der Waals surface area contributed by atoms with Crippen LogP contribution in [0, 0.1) is 11.6 Å². The highest BCUT2D eigenvalue weighted by Crippen LogP contribution is 2.11. The van der Waals surface area contributed by atoms with Crippen LogP contribution >= 0.6 is 0 Å². The molecular weight excluding hydrogens is 394 g/mol. The Labute approximate surface area is 171 Å². The first-order chi connectivity index (χ1) is 14.4. The standard InChI is InChI=1S/C22H20F2N2O4/c23-17-5-1-15(2-6-17)10-25-22(29)12-26-11-21(20(28)9-19(26)13-27)30-14-16-3-7-18(24)8-4-16/h1-9,11,27H,10,12-14H2,(H,25,29). The molecule has 8 heteroatoms. The Kier molecular flexibility index (Phi) is 6.92. The Morgan fingerprint density at radius 2 is 1.60 bits per heavy atom. The highest BCUT2D eigenvalue weighted by Gasteiger charge is 2.11. The summed E-state index contributed by atoms with van der Waals surface area (Å²) in [5.74, 6) is -1.09. The lowest BCUT2D eigenvalue weighted by Gasteiger charge is -2.14. The van der Waals surface area contributed by atoms with Crippen LogP contribution in [0.2, 0.25) is 0 Å². The molecule has 1 aromatic heterocycles. The molecule has 2 N–H and O–H groups in total. The molecule has 0 atom stereocenters. The van der Waals surface area contributed by atoms with Gasteiger partial charge in [-0.25, -0.2) is 8.78 Å². The van der Waals surface area contributed by atoms with Gasteiger partial charge in [0, 0.05) is 18.3 Å². The summed E-state index contributed by atoms with van der Waals surface area (Å²) in [6.45, 7) is -0.324. The number of nitrogens with one attached hydrogen (secondary N) is 1. The van der Waals surface area contributed by atoms with E-state index in [4.69, 9.17) is 4.74 Å². The van der Waals surface area contributed by atoms with Crippen molar-refractivity contribution >= 4 is 5.91 Å². The first kappa shape index (κ1) is 21.2. The van der Waals surface area contributed by atoms with Gasteiger partial charge < -0.3 is 19.7 Å². The minimum Gasteiger partial charge on any atom is -0.483 e. The van der Waals surface area contributed by atoms with Crippen LogP contribution in [-0.2, 0) is 31.1 Å². The molecule has 0 spiro atoms. The number of hydrogen-bond acceptors (Lipinski definition) is 4. The van der Waals surface area contributed by atoms with Gasteiger partial charge in [-0.3, -0.25) is 9.59 Å². The molecule has 1 amide bonds. The molecule has 2 aromatic carbocycles. The SMILES string of the molecule is O=C(Cn1cc(OCc2ccc(F)cc2)c(=O)cc1CO)NCc1ccc(F)cc1. The maximum atomic E-state index is 13.0. The van der Waals surface area contributed by atoms with Gasteiger partial charge in [-0.2, -0.15) is 0 Å². The summed E-state index contributed by atoms with van der Waals surface area (Å²) in [5, 5.41) is 12.2. The van der Waals surface area contributed by atoms with E-state index in [-0.39, 0.29) is 48.7 Å². The number of aliphatic hydroxyl groups excluding tert-OH is 1. The van der Waals surface area contributed by atoms with Crippen LogP contribution in [0.3, 0.4) is 0 Å². The molecule has 6 nitrogen and oxygen atoms in total. The molecule has 3 aromatic rings. The molecule has 0 saturated carbocycles. The Bertz CT molecular complexity index is 1060. The zero-order valence-electron chi connectivity index (χ0n) is 16.0. The number of halogens is 2.